The maximum atomic E-state index is 12.4. The zero-order chi connectivity index (χ0) is 17.1. The Labute approximate surface area is 142 Å². The summed E-state index contributed by atoms with van der Waals surface area (Å²) in [6.07, 6.45) is 0. The van der Waals surface area contributed by atoms with Crippen LogP contribution in [0.2, 0.25) is 0 Å². The summed E-state index contributed by atoms with van der Waals surface area (Å²) in [4.78, 5) is 23.6. The average molecular weight is 319 g/mol. The van der Waals surface area contributed by atoms with Crippen LogP contribution < -0.4 is 0 Å². The molecule has 0 aliphatic carbocycles. The summed E-state index contributed by atoms with van der Waals surface area (Å²) in [5.41, 5.74) is 3.30. The van der Waals surface area contributed by atoms with E-state index in [2.05, 4.69) is 12.1 Å². The van der Waals surface area contributed by atoms with E-state index in [1.807, 2.05) is 55.5 Å². The third-order valence-corrected chi connectivity index (χ3v) is 4.13. The van der Waals surface area contributed by atoms with Crippen LogP contribution in [-0.2, 0) is 4.79 Å². The van der Waals surface area contributed by atoms with E-state index in [9.17, 15) is 4.79 Å². The predicted molar refractivity (Wildman–Crippen MR) is 97.6 cm³/mol. The molecule has 2 aromatic carbocycles. The Hall–Kier alpha value is -2.75. The quantitative estimate of drug-likeness (QED) is 0.854. The number of aliphatic imine (C=N–C) groups is 2. The van der Waals surface area contributed by atoms with Crippen molar-refractivity contribution in [2.75, 3.05) is 14.1 Å². The standard InChI is InChI=1S/C20H21N3O/c1-14-17(20(24)23(2)3)22-19(16-12-8-5-9-13-16)18(21-14)15-10-6-4-7-11-15/h4-13,18-19H,1-3H3/t18-,19-/m1/s1. The van der Waals surface area contributed by atoms with E-state index < -0.39 is 0 Å². The molecule has 1 amide bonds. The van der Waals surface area contributed by atoms with Crippen molar-refractivity contribution in [1.29, 1.82) is 0 Å². The minimum atomic E-state index is -0.198. The molecule has 0 bridgehead atoms. The summed E-state index contributed by atoms with van der Waals surface area (Å²) < 4.78 is 0. The molecule has 0 aromatic heterocycles. The van der Waals surface area contributed by atoms with Crippen LogP contribution in [0.3, 0.4) is 0 Å². The summed E-state index contributed by atoms with van der Waals surface area (Å²) in [5.74, 6) is -0.108. The zero-order valence-corrected chi connectivity index (χ0v) is 14.2. The van der Waals surface area contributed by atoms with Crippen molar-refractivity contribution < 1.29 is 4.79 Å². The normalized spacial score (nSPS) is 20.1. The van der Waals surface area contributed by atoms with Crippen LogP contribution in [0.5, 0.6) is 0 Å². The minimum Gasteiger partial charge on any atom is -0.343 e. The molecular formula is C20H21N3O. The smallest absolute Gasteiger partial charge is 0.273 e. The Bertz CT molecular complexity index is 779. The van der Waals surface area contributed by atoms with Crippen molar-refractivity contribution in [2.24, 2.45) is 9.98 Å². The minimum absolute atomic E-state index is 0.108. The van der Waals surface area contributed by atoms with E-state index >= 15 is 0 Å². The van der Waals surface area contributed by atoms with Gasteiger partial charge in [-0.15, -0.1) is 0 Å². The Balaban J connectivity index is 2.08. The molecule has 0 unspecified atom stereocenters. The maximum Gasteiger partial charge on any atom is 0.273 e. The highest BCUT2D eigenvalue weighted by Gasteiger charge is 2.31. The first-order chi connectivity index (χ1) is 11.6. The number of hydrogen-bond acceptors (Lipinski definition) is 3. The van der Waals surface area contributed by atoms with Gasteiger partial charge in [0.15, 0.2) is 0 Å². The fourth-order valence-electron chi connectivity index (χ4n) is 2.88. The summed E-state index contributed by atoms with van der Waals surface area (Å²) in [6, 6.07) is 19.9. The third kappa shape index (κ3) is 3.13. The van der Waals surface area contributed by atoms with Crippen LogP contribution in [0.1, 0.15) is 30.1 Å². The van der Waals surface area contributed by atoms with Gasteiger partial charge in [-0.3, -0.25) is 14.8 Å². The van der Waals surface area contributed by atoms with E-state index in [0.717, 1.165) is 11.1 Å². The van der Waals surface area contributed by atoms with Gasteiger partial charge in [-0.1, -0.05) is 60.7 Å². The van der Waals surface area contributed by atoms with Crippen LogP contribution in [0.15, 0.2) is 70.6 Å². The van der Waals surface area contributed by atoms with Crippen molar-refractivity contribution in [3.05, 3.63) is 71.8 Å². The molecule has 2 atom stereocenters. The summed E-state index contributed by atoms with van der Waals surface area (Å²) >= 11 is 0. The zero-order valence-electron chi connectivity index (χ0n) is 14.2. The van der Waals surface area contributed by atoms with E-state index in [1.165, 1.54) is 0 Å². The number of hydrogen-bond donors (Lipinski definition) is 0. The Morgan fingerprint density at radius 2 is 1.29 bits per heavy atom. The van der Waals surface area contributed by atoms with Gasteiger partial charge in [0.1, 0.15) is 17.8 Å². The van der Waals surface area contributed by atoms with Crippen LogP contribution in [0.25, 0.3) is 0 Å². The highest BCUT2D eigenvalue weighted by Crippen LogP contribution is 2.38. The molecule has 2 aromatic rings. The lowest BCUT2D eigenvalue weighted by Crippen LogP contribution is -2.37. The molecule has 1 heterocycles. The SMILES string of the molecule is CC1=N[C@H](c2ccccc2)[C@@H](c2ccccc2)N=C1C(=O)N(C)C. The first kappa shape index (κ1) is 16.1. The fourth-order valence-corrected chi connectivity index (χ4v) is 2.88. The molecule has 3 rings (SSSR count). The lowest BCUT2D eigenvalue weighted by atomic mass is 9.92. The van der Waals surface area contributed by atoms with Crippen molar-refractivity contribution in [3.63, 3.8) is 0 Å². The number of carbonyl (C=O) groups is 1. The van der Waals surface area contributed by atoms with Crippen molar-refractivity contribution in [2.45, 2.75) is 19.0 Å². The van der Waals surface area contributed by atoms with E-state index in [1.54, 1.807) is 19.0 Å². The molecule has 24 heavy (non-hydrogen) atoms. The number of carbonyl (C=O) groups excluding carboxylic acids is 1. The largest absolute Gasteiger partial charge is 0.343 e. The maximum absolute atomic E-state index is 12.4. The first-order valence-corrected chi connectivity index (χ1v) is 8.02. The van der Waals surface area contributed by atoms with Crippen LogP contribution >= 0.6 is 0 Å². The van der Waals surface area contributed by atoms with E-state index in [-0.39, 0.29) is 18.0 Å². The van der Waals surface area contributed by atoms with E-state index in [4.69, 9.17) is 9.98 Å². The highest BCUT2D eigenvalue weighted by molar-refractivity contribution is 6.66. The van der Waals surface area contributed by atoms with E-state index in [0.29, 0.717) is 11.4 Å². The van der Waals surface area contributed by atoms with Crippen LogP contribution in [-0.4, -0.2) is 36.3 Å². The second kappa shape index (κ2) is 6.79. The van der Waals surface area contributed by atoms with Gasteiger partial charge >= 0.3 is 0 Å². The molecule has 122 valence electrons. The Morgan fingerprint density at radius 3 is 1.75 bits per heavy atom. The summed E-state index contributed by atoms with van der Waals surface area (Å²) in [6.45, 7) is 1.86. The van der Waals surface area contributed by atoms with Crippen LogP contribution in [0, 0.1) is 0 Å². The molecule has 1 aliphatic heterocycles. The van der Waals surface area contributed by atoms with Gasteiger partial charge in [-0.2, -0.15) is 0 Å². The van der Waals surface area contributed by atoms with Crippen molar-refractivity contribution in [1.82, 2.24) is 4.90 Å². The monoisotopic (exact) mass is 319 g/mol. The van der Waals surface area contributed by atoms with Crippen molar-refractivity contribution in [3.8, 4) is 0 Å². The predicted octanol–water partition coefficient (Wildman–Crippen LogP) is 3.47. The molecular weight excluding hydrogens is 298 g/mol. The number of rotatable bonds is 3. The summed E-state index contributed by atoms with van der Waals surface area (Å²) in [7, 11) is 3.47. The number of amides is 1. The fraction of sp³-hybridized carbons (Fsp3) is 0.250. The second-order valence-electron chi connectivity index (χ2n) is 6.10. The lowest BCUT2D eigenvalue weighted by molar-refractivity contribution is -0.121. The molecule has 0 saturated heterocycles. The van der Waals surface area contributed by atoms with Gasteiger partial charge in [0.2, 0.25) is 0 Å². The average Bonchev–Trinajstić information content (AvgIpc) is 2.62. The van der Waals surface area contributed by atoms with Gasteiger partial charge < -0.3 is 4.90 Å². The second-order valence-corrected chi connectivity index (χ2v) is 6.10. The molecule has 0 N–H and O–H groups in total. The first-order valence-electron chi connectivity index (χ1n) is 8.02. The van der Waals surface area contributed by atoms with Crippen LogP contribution in [0.4, 0.5) is 0 Å². The molecule has 4 heteroatoms. The van der Waals surface area contributed by atoms with Gasteiger partial charge in [-0.05, 0) is 18.1 Å². The summed E-state index contributed by atoms with van der Waals surface area (Å²) in [5, 5.41) is 0. The molecule has 0 radical (unpaired) electrons. The lowest BCUT2D eigenvalue weighted by Gasteiger charge is -2.28. The Kier molecular flexibility index (Phi) is 4.56. The van der Waals surface area contributed by atoms with Crippen molar-refractivity contribution >= 4 is 17.3 Å². The van der Waals surface area contributed by atoms with Gasteiger partial charge in [0, 0.05) is 14.1 Å². The number of benzene rings is 2. The van der Waals surface area contributed by atoms with Gasteiger partial charge in [0.25, 0.3) is 5.91 Å². The molecule has 0 saturated carbocycles. The highest BCUT2D eigenvalue weighted by atomic mass is 16.2. The topological polar surface area (TPSA) is 45.0 Å². The molecule has 4 nitrogen and oxygen atoms in total. The number of nitrogens with zero attached hydrogens (tertiary/aromatic N) is 3. The molecule has 0 spiro atoms. The Morgan fingerprint density at radius 1 is 0.833 bits per heavy atom. The third-order valence-electron chi connectivity index (χ3n) is 4.13. The van der Waals surface area contributed by atoms with Gasteiger partial charge in [-0.25, -0.2) is 0 Å². The molecule has 1 aliphatic rings. The molecule has 0 fully saturated rings. The van der Waals surface area contributed by atoms with Gasteiger partial charge in [0.05, 0.1) is 5.71 Å².